The van der Waals surface area contributed by atoms with Gasteiger partial charge in [0.15, 0.2) is 0 Å². The van der Waals surface area contributed by atoms with Crippen molar-refractivity contribution < 1.29 is 63.6 Å². The van der Waals surface area contributed by atoms with Crippen LogP contribution in [0.15, 0.2) is 30.3 Å². The fourth-order valence-electron chi connectivity index (χ4n) is 3.61. The fraction of sp³-hybridized carbons (Fsp3) is 0.636. The Hall–Kier alpha value is -0.518. The molecular weight excluding hydrogens is 597 g/mol. The minimum atomic E-state index is -1.01. The number of hydroxylamine groups is 1. The number of rotatable bonds is 5. The molecule has 7 nitrogen and oxygen atoms in total. The van der Waals surface area contributed by atoms with E-state index < -0.39 is 17.9 Å². The summed E-state index contributed by atoms with van der Waals surface area (Å²) in [5, 5.41) is 16.7. The number of hydrogen-bond donors (Lipinski definition) is 3. The Balaban J connectivity index is 0.00000450. The van der Waals surface area contributed by atoms with Gasteiger partial charge in [0.25, 0.3) is 5.91 Å². The number of hydrogen-bond acceptors (Lipinski definition) is 4. The third-order valence-electron chi connectivity index (χ3n) is 5.24. The molecule has 2 unspecified atom stereocenters. The smallest absolute Gasteiger partial charge is 0.273 e. The Kier molecular flexibility index (Phi) is 14.8. The van der Waals surface area contributed by atoms with Crippen LogP contribution < -0.4 is 10.8 Å². The van der Waals surface area contributed by atoms with Gasteiger partial charge in [-0.3, -0.25) is 14.8 Å². The van der Waals surface area contributed by atoms with Crippen LogP contribution in [0.4, 0.5) is 0 Å². The molecule has 0 aliphatic carbocycles. The summed E-state index contributed by atoms with van der Waals surface area (Å²) in [4.78, 5) is 25.3. The van der Waals surface area contributed by atoms with Gasteiger partial charge in [0.1, 0.15) is 6.10 Å². The van der Waals surface area contributed by atoms with Gasteiger partial charge in [0.05, 0.1) is 5.92 Å². The summed E-state index contributed by atoms with van der Waals surface area (Å²) in [5.41, 5.74) is 2.87. The fourth-order valence-corrected chi connectivity index (χ4v) is 3.61. The summed E-state index contributed by atoms with van der Waals surface area (Å²) in [5.74, 6) is -1.52. The zero-order valence-electron chi connectivity index (χ0n) is 17.9. The van der Waals surface area contributed by atoms with Gasteiger partial charge in [0, 0.05) is 56.7 Å². The average molecular weight is 632 g/mol. The molecule has 1 aromatic rings. The van der Waals surface area contributed by atoms with E-state index in [-0.39, 0.29) is 56.0 Å². The van der Waals surface area contributed by atoms with E-state index in [1.807, 2.05) is 25.1 Å². The zero-order chi connectivity index (χ0) is 20.9. The first kappa shape index (κ1) is 27.5. The number of nitrogens with zero attached hydrogens (tertiary/aromatic N) is 1. The first-order valence-corrected chi connectivity index (χ1v) is 10.6. The molecule has 1 saturated heterocycles. The van der Waals surface area contributed by atoms with E-state index in [1.54, 1.807) is 5.48 Å². The van der Waals surface area contributed by atoms with Crippen LogP contribution in [-0.4, -0.2) is 48.9 Å². The molecule has 1 heterocycles. The molecule has 1 radical (unpaired) electrons. The van der Waals surface area contributed by atoms with Gasteiger partial charge in [-0.2, -0.15) is 0 Å². The topological polar surface area (TPSA) is 102 Å². The minimum absolute atomic E-state index is 0. The van der Waals surface area contributed by atoms with Crippen LogP contribution in [0, 0.1) is 50.0 Å². The Morgan fingerprint density at radius 1 is 1.23 bits per heavy atom. The average Bonchev–Trinajstić information content (AvgIpc) is 2.73. The Labute approximate surface area is 215 Å². The first-order chi connectivity index (χ1) is 14.1. The maximum Gasteiger partial charge on any atom is 0.273 e. The summed E-state index contributed by atoms with van der Waals surface area (Å²) in [6.07, 6.45) is 4.45. The second-order valence-corrected chi connectivity index (χ2v) is 7.68. The predicted octanol–water partition coefficient (Wildman–Crippen LogP) is 2.97. The van der Waals surface area contributed by atoms with Crippen molar-refractivity contribution in [1.29, 1.82) is 0 Å². The van der Waals surface area contributed by atoms with Gasteiger partial charge in [-0.25, -0.2) is 5.48 Å². The third kappa shape index (κ3) is 10.2. The molecule has 1 aliphatic rings. The maximum absolute atomic E-state index is 13.0. The molecule has 0 bridgehead atoms. The van der Waals surface area contributed by atoms with E-state index in [0.29, 0.717) is 13.0 Å². The molecule has 1 aliphatic heterocycles. The van der Waals surface area contributed by atoms with Crippen LogP contribution in [0.2, 0.25) is 0 Å². The number of benzene rings is 1. The number of carbonyl (C=O) groups excluding carboxylic acids is 2. The second kappa shape index (κ2) is 16.2. The Morgan fingerprint density at radius 3 is 2.70 bits per heavy atom. The molecule has 2 rings (SSSR count). The summed E-state index contributed by atoms with van der Waals surface area (Å²) >= 11 is 0. The predicted molar refractivity (Wildman–Crippen MR) is 112 cm³/mol. The molecule has 0 saturated carbocycles. The second-order valence-electron chi connectivity index (χ2n) is 7.68. The molecule has 0 spiro atoms. The largest absolute Gasteiger partial charge is 0.662 e. The monoisotopic (exact) mass is 631 g/mol. The molecule has 1 fully saturated rings. The molecule has 165 valence electrons. The number of nitrogens with one attached hydrogen (secondary N) is 2. The molecular formula is C22H34AcN3O4-. The summed E-state index contributed by atoms with van der Waals surface area (Å²) in [6, 6.07) is 10.0. The molecule has 8 heteroatoms. The number of aryl methyl sites for hydroxylation is 1. The number of amides is 2. The van der Waals surface area contributed by atoms with Gasteiger partial charge in [-0.15, -0.1) is 13.1 Å². The third-order valence-corrected chi connectivity index (χ3v) is 5.24. The Bertz CT molecular complexity index is 618. The van der Waals surface area contributed by atoms with Crippen LogP contribution in [0.1, 0.15) is 51.0 Å². The van der Waals surface area contributed by atoms with Crippen molar-refractivity contribution in [1.82, 2.24) is 10.8 Å². The minimum Gasteiger partial charge on any atom is -0.662 e. The summed E-state index contributed by atoms with van der Waals surface area (Å²) in [6.45, 7) is 3.90. The SMILES string of the molecule is C[C@@H]1CCC[N-]CCCCOC(C(=O)NO)C(CCCc2ccccc2)C(=O)N1.[Ac]. The summed E-state index contributed by atoms with van der Waals surface area (Å²) < 4.78 is 5.79. The van der Waals surface area contributed by atoms with Gasteiger partial charge >= 0.3 is 0 Å². The van der Waals surface area contributed by atoms with Crippen molar-refractivity contribution in [3.63, 3.8) is 0 Å². The molecule has 3 atom stereocenters. The van der Waals surface area contributed by atoms with E-state index >= 15 is 0 Å². The standard InChI is InChI=1S/C22H34N3O4.Ac/c1-17-9-8-15-23-14-5-6-16-29-20(22(27)25-28)19(21(26)24-17)13-7-12-18-10-3-2-4-11-18;/h2-4,10-11,17,19-20,28H,5-9,12-16H2,1H3,(H,24,26)(H,25,27);/q-1;/t17-,19?,20?;/m1./s1. The van der Waals surface area contributed by atoms with Crippen LogP contribution in [0.3, 0.4) is 0 Å². The van der Waals surface area contributed by atoms with E-state index in [9.17, 15) is 14.8 Å². The zero-order valence-corrected chi connectivity index (χ0v) is 22.6. The maximum atomic E-state index is 13.0. The van der Waals surface area contributed by atoms with E-state index in [0.717, 1.165) is 51.6 Å². The molecule has 1 aromatic carbocycles. The molecule has 3 N–H and O–H groups in total. The molecule has 2 amide bonds. The van der Waals surface area contributed by atoms with Gasteiger partial charge in [-0.1, -0.05) is 43.2 Å². The van der Waals surface area contributed by atoms with E-state index in [2.05, 4.69) is 22.8 Å². The Morgan fingerprint density at radius 2 is 1.97 bits per heavy atom. The van der Waals surface area contributed by atoms with Gasteiger partial charge < -0.3 is 15.4 Å². The number of carbonyl (C=O) groups is 2. The van der Waals surface area contributed by atoms with Crippen LogP contribution in [-0.2, 0) is 20.7 Å². The van der Waals surface area contributed by atoms with Crippen LogP contribution in [0.25, 0.3) is 5.32 Å². The van der Waals surface area contributed by atoms with Crippen molar-refractivity contribution in [2.24, 2.45) is 5.92 Å². The first-order valence-electron chi connectivity index (χ1n) is 10.6. The van der Waals surface area contributed by atoms with Crippen LogP contribution in [0.5, 0.6) is 0 Å². The van der Waals surface area contributed by atoms with Crippen LogP contribution >= 0.6 is 0 Å². The quantitative estimate of drug-likeness (QED) is 0.344. The van der Waals surface area contributed by atoms with Crippen molar-refractivity contribution in [2.45, 2.75) is 64.0 Å². The normalized spacial score (nSPS) is 24.1. The van der Waals surface area contributed by atoms with Crippen molar-refractivity contribution in [3.8, 4) is 0 Å². The molecule has 0 aromatic heterocycles. The molecule has 30 heavy (non-hydrogen) atoms. The van der Waals surface area contributed by atoms with Crippen molar-refractivity contribution in [2.75, 3.05) is 19.7 Å². The van der Waals surface area contributed by atoms with Crippen molar-refractivity contribution in [3.05, 3.63) is 41.2 Å². The van der Waals surface area contributed by atoms with Gasteiger partial charge in [-0.05, 0) is 44.6 Å². The van der Waals surface area contributed by atoms with Gasteiger partial charge in [0.2, 0.25) is 5.91 Å². The summed E-state index contributed by atoms with van der Waals surface area (Å²) in [7, 11) is 0. The van der Waals surface area contributed by atoms with Crippen molar-refractivity contribution >= 4 is 11.8 Å². The number of ether oxygens (including phenoxy) is 1. The van der Waals surface area contributed by atoms with E-state index in [1.165, 1.54) is 5.56 Å². The van der Waals surface area contributed by atoms with E-state index in [4.69, 9.17) is 4.74 Å².